The van der Waals surface area contributed by atoms with Crippen molar-refractivity contribution in [3.05, 3.63) is 29.5 Å². The van der Waals surface area contributed by atoms with Crippen LogP contribution in [0, 0.1) is 5.21 Å². The SMILES string of the molecule is COC(=O)[n+]1nn([O-])c2ccccc21. The second-order valence-corrected chi connectivity index (χ2v) is 2.63. The maximum atomic E-state index is 11.2. The molecule has 6 heteroatoms. The van der Waals surface area contributed by atoms with Gasteiger partial charge in [0.1, 0.15) is 5.21 Å². The summed E-state index contributed by atoms with van der Waals surface area (Å²) in [6.45, 7) is 0. The van der Waals surface area contributed by atoms with E-state index in [1.807, 2.05) is 0 Å². The number of benzene rings is 1. The van der Waals surface area contributed by atoms with Crippen molar-refractivity contribution in [2.45, 2.75) is 0 Å². The van der Waals surface area contributed by atoms with Crippen molar-refractivity contribution in [2.24, 2.45) is 0 Å². The predicted octanol–water partition coefficient (Wildman–Crippen LogP) is 0.284. The topological polar surface area (TPSA) is 71.1 Å². The third-order valence-electron chi connectivity index (χ3n) is 1.83. The first kappa shape index (κ1) is 8.49. The molecule has 0 saturated carbocycles. The monoisotopic (exact) mass is 193 g/mol. The van der Waals surface area contributed by atoms with Gasteiger partial charge in [-0.1, -0.05) is 12.1 Å². The summed E-state index contributed by atoms with van der Waals surface area (Å²) in [5.41, 5.74) is 0.757. The molecule has 0 bridgehead atoms. The molecule has 0 atom stereocenters. The van der Waals surface area contributed by atoms with E-state index in [4.69, 9.17) is 0 Å². The van der Waals surface area contributed by atoms with Crippen molar-refractivity contribution in [3.63, 3.8) is 0 Å². The minimum absolute atomic E-state index is 0.331. The van der Waals surface area contributed by atoms with E-state index in [0.29, 0.717) is 15.9 Å². The number of carbonyl (C=O) groups excluding carboxylic acids is 1. The van der Waals surface area contributed by atoms with Crippen molar-refractivity contribution in [1.82, 2.24) is 10.1 Å². The highest BCUT2D eigenvalue weighted by Gasteiger charge is 2.20. The highest BCUT2D eigenvalue weighted by atomic mass is 16.5. The molecule has 0 aliphatic carbocycles. The fourth-order valence-corrected chi connectivity index (χ4v) is 1.20. The van der Waals surface area contributed by atoms with Gasteiger partial charge in [0, 0.05) is 0 Å². The molecule has 0 unspecified atom stereocenters. The molecule has 0 aliphatic rings. The van der Waals surface area contributed by atoms with Crippen LogP contribution in [0.4, 0.5) is 4.79 Å². The average Bonchev–Trinajstić information content (AvgIpc) is 2.56. The lowest BCUT2D eigenvalue weighted by molar-refractivity contribution is -0.624. The molecule has 2 rings (SSSR count). The van der Waals surface area contributed by atoms with Gasteiger partial charge in [-0.2, -0.15) is 4.79 Å². The van der Waals surface area contributed by atoms with Gasteiger partial charge in [-0.25, -0.2) is 0 Å². The number of ether oxygens (including phenoxy) is 1. The van der Waals surface area contributed by atoms with Crippen molar-refractivity contribution in [2.75, 3.05) is 7.11 Å². The van der Waals surface area contributed by atoms with Gasteiger partial charge in [0.2, 0.25) is 11.0 Å². The quantitative estimate of drug-likeness (QED) is 0.563. The Morgan fingerprint density at radius 1 is 1.57 bits per heavy atom. The zero-order valence-corrected chi connectivity index (χ0v) is 7.38. The Kier molecular flexibility index (Phi) is 1.81. The van der Waals surface area contributed by atoms with Crippen molar-refractivity contribution in [1.29, 1.82) is 0 Å². The van der Waals surface area contributed by atoms with Crippen molar-refractivity contribution in [3.8, 4) is 0 Å². The maximum Gasteiger partial charge on any atom is 0.533 e. The fraction of sp³-hybridized carbons (Fsp3) is 0.125. The fourth-order valence-electron chi connectivity index (χ4n) is 1.20. The Balaban J connectivity index is 2.72. The molecule has 0 amide bonds. The summed E-state index contributed by atoms with van der Waals surface area (Å²) in [6, 6.07) is 6.60. The molecule has 0 N–H and O–H groups in total. The Morgan fingerprint density at radius 3 is 3.00 bits per heavy atom. The minimum Gasteiger partial charge on any atom is -0.691 e. The zero-order chi connectivity index (χ0) is 10.1. The molecule has 1 aromatic carbocycles. The minimum atomic E-state index is -0.684. The van der Waals surface area contributed by atoms with Crippen LogP contribution in [0.5, 0.6) is 0 Å². The first-order valence-electron chi connectivity index (χ1n) is 3.90. The normalized spacial score (nSPS) is 10.4. The standard InChI is InChI=1S/C8H7N3O3/c1-14-8(12)10-6-4-2-3-5-7(6)11(13)9-10/h2-5H,1H3. The van der Waals surface area contributed by atoms with Crippen LogP contribution in [0.3, 0.4) is 0 Å². The second-order valence-electron chi connectivity index (χ2n) is 2.63. The summed E-state index contributed by atoms with van der Waals surface area (Å²) in [5.74, 6) is 0. The van der Waals surface area contributed by atoms with Gasteiger partial charge in [-0.05, 0) is 16.8 Å². The van der Waals surface area contributed by atoms with Crippen molar-refractivity contribution < 1.29 is 14.2 Å². The molecular weight excluding hydrogens is 186 g/mol. The highest BCUT2D eigenvalue weighted by molar-refractivity contribution is 5.74. The summed E-state index contributed by atoms with van der Waals surface area (Å²) in [5, 5.41) is 14.7. The second kappa shape index (κ2) is 2.99. The molecule has 72 valence electrons. The van der Waals surface area contributed by atoms with Gasteiger partial charge in [-0.15, -0.1) is 4.85 Å². The first-order valence-corrected chi connectivity index (χ1v) is 3.90. The maximum absolute atomic E-state index is 11.2. The van der Waals surface area contributed by atoms with Gasteiger partial charge < -0.3 is 9.94 Å². The lowest BCUT2D eigenvalue weighted by atomic mass is 10.3. The lowest BCUT2D eigenvalue weighted by Gasteiger charge is -1.89. The van der Waals surface area contributed by atoms with Crippen LogP contribution < -0.4 is 4.68 Å². The van der Waals surface area contributed by atoms with E-state index in [0.717, 1.165) is 4.68 Å². The first-order chi connectivity index (χ1) is 6.74. The smallest absolute Gasteiger partial charge is 0.533 e. The molecule has 0 fully saturated rings. The third kappa shape index (κ3) is 1.08. The van der Waals surface area contributed by atoms with Gasteiger partial charge in [-0.3, -0.25) is 0 Å². The Hall–Kier alpha value is -2.11. The van der Waals surface area contributed by atoms with Crippen LogP contribution >= 0.6 is 0 Å². The van der Waals surface area contributed by atoms with Gasteiger partial charge in [0.05, 0.1) is 7.11 Å². The molecular formula is C8H7N3O3. The molecule has 2 aromatic rings. The number of carbonyl (C=O) groups is 1. The average molecular weight is 193 g/mol. The number of para-hydroxylation sites is 2. The number of aromatic nitrogens is 3. The molecule has 6 nitrogen and oxygen atoms in total. The zero-order valence-electron chi connectivity index (χ0n) is 7.38. The van der Waals surface area contributed by atoms with Gasteiger partial charge in [0.15, 0.2) is 0 Å². The van der Waals surface area contributed by atoms with Crippen LogP contribution in [0.1, 0.15) is 0 Å². The molecule has 1 aromatic heterocycles. The largest absolute Gasteiger partial charge is 0.691 e. The van der Waals surface area contributed by atoms with Crippen LogP contribution in [0.25, 0.3) is 11.0 Å². The third-order valence-corrected chi connectivity index (χ3v) is 1.83. The van der Waals surface area contributed by atoms with E-state index >= 15 is 0 Å². The molecule has 0 saturated heterocycles. The number of hydrogen-bond donors (Lipinski definition) is 0. The Morgan fingerprint density at radius 2 is 2.29 bits per heavy atom. The Bertz CT molecular complexity index is 492. The van der Waals surface area contributed by atoms with E-state index < -0.39 is 6.09 Å². The molecule has 14 heavy (non-hydrogen) atoms. The van der Waals surface area contributed by atoms with Crippen LogP contribution in [0.2, 0.25) is 0 Å². The van der Waals surface area contributed by atoms with Gasteiger partial charge >= 0.3 is 6.09 Å². The number of nitrogens with zero attached hydrogens (tertiary/aromatic N) is 3. The summed E-state index contributed by atoms with van der Waals surface area (Å²) in [6.07, 6.45) is -0.684. The summed E-state index contributed by atoms with van der Waals surface area (Å²) >= 11 is 0. The van der Waals surface area contributed by atoms with Crippen LogP contribution in [-0.2, 0) is 4.74 Å². The molecule has 0 radical (unpaired) electrons. The summed E-state index contributed by atoms with van der Waals surface area (Å²) in [7, 11) is 1.23. The van der Waals surface area contributed by atoms with Crippen molar-refractivity contribution >= 4 is 17.1 Å². The number of methoxy groups -OCH3 is 1. The lowest BCUT2D eigenvalue weighted by Crippen LogP contribution is -2.45. The highest BCUT2D eigenvalue weighted by Crippen LogP contribution is 2.06. The van der Waals surface area contributed by atoms with Gasteiger partial charge in [0.25, 0.3) is 0 Å². The summed E-state index contributed by atoms with van der Waals surface area (Å²) < 4.78 is 5.39. The molecule has 0 spiro atoms. The van der Waals surface area contributed by atoms with Crippen LogP contribution in [-0.4, -0.2) is 23.3 Å². The van der Waals surface area contributed by atoms with E-state index in [1.165, 1.54) is 7.11 Å². The molecule has 1 heterocycles. The summed E-state index contributed by atoms with van der Waals surface area (Å²) in [4.78, 5) is 11.5. The van der Waals surface area contributed by atoms with E-state index in [9.17, 15) is 10.0 Å². The predicted molar refractivity (Wildman–Crippen MR) is 46.5 cm³/mol. The van der Waals surface area contributed by atoms with E-state index in [-0.39, 0.29) is 0 Å². The number of fused-ring (bicyclic) bond motifs is 1. The Labute approximate surface area is 78.9 Å². The molecule has 0 aliphatic heterocycles. The number of hydrogen-bond acceptors (Lipinski definition) is 4. The van der Waals surface area contributed by atoms with Crippen LogP contribution in [0.15, 0.2) is 24.3 Å². The number of rotatable bonds is 0. The van der Waals surface area contributed by atoms with E-state index in [1.54, 1.807) is 24.3 Å². The van der Waals surface area contributed by atoms with E-state index in [2.05, 4.69) is 9.95 Å².